The first-order valence-electron chi connectivity index (χ1n) is 13.4. The van der Waals surface area contributed by atoms with Crippen LogP contribution in [0.25, 0.3) is 64.7 Å². The minimum Gasteiger partial charge on any atom is -0.135 e. The Morgan fingerprint density at radius 1 is 0.385 bits per heavy atom. The van der Waals surface area contributed by atoms with E-state index in [9.17, 15) is 0 Å². The fourth-order valence-electron chi connectivity index (χ4n) is 5.70. The van der Waals surface area contributed by atoms with Crippen LogP contribution in [0, 0.1) is 13.8 Å². The number of benzene rings is 6. The molecule has 186 valence electrons. The molecule has 0 spiro atoms. The van der Waals surface area contributed by atoms with Gasteiger partial charge in [0, 0.05) is 20.2 Å². The van der Waals surface area contributed by atoms with Crippen LogP contribution in [0.2, 0.25) is 0 Å². The van der Waals surface area contributed by atoms with Crippen LogP contribution in [0.1, 0.15) is 11.1 Å². The van der Waals surface area contributed by atoms with E-state index in [1.807, 2.05) is 11.3 Å². The molecule has 7 rings (SSSR count). The molecule has 1 heteroatoms. The maximum absolute atomic E-state index is 2.35. The molecule has 0 aliphatic rings. The van der Waals surface area contributed by atoms with E-state index in [1.54, 1.807) is 0 Å². The molecule has 0 radical (unpaired) electrons. The molecule has 39 heavy (non-hydrogen) atoms. The lowest BCUT2D eigenvalue weighted by molar-refractivity contribution is 1.44. The summed E-state index contributed by atoms with van der Waals surface area (Å²) in [5, 5.41) is 2.68. The highest BCUT2D eigenvalue weighted by Crippen LogP contribution is 2.38. The highest BCUT2D eigenvalue weighted by Gasteiger charge is 2.11. The van der Waals surface area contributed by atoms with Crippen LogP contribution in [0.15, 0.2) is 133 Å². The Bertz CT molecular complexity index is 1970. The summed E-state index contributed by atoms with van der Waals surface area (Å²) in [7, 11) is 0. The Balaban J connectivity index is 1.24. The van der Waals surface area contributed by atoms with Gasteiger partial charge in [-0.3, -0.25) is 0 Å². The van der Waals surface area contributed by atoms with Crippen molar-refractivity contribution in [1.82, 2.24) is 0 Å². The molecule has 0 amide bonds. The minimum absolute atomic E-state index is 1.25. The van der Waals surface area contributed by atoms with Gasteiger partial charge in [0.15, 0.2) is 0 Å². The second-order valence-electron chi connectivity index (χ2n) is 10.3. The smallest absolute Gasteiger partial charge is 0.0361 e. The average molecular weight is 517 g/mol. The lowest BCUT2D eigenvalue weighted by Crippen LogP contribution is -1.89. The number of hydrogen-bond acceptors (Lipinski definition) is 1. The zero-order valence-corrected chi connectivity index (χ0v) is 22.9. The number of aryl methyl sites for hydroxylation is 1. The number of thiophene rings is 1. The van der Waals surface area contributed by atoms with Crippen molar-refractivity contribution in [3.8, 4) is 44.5 Å². The monoisotopic (exact) mass is 516 g/mol. The van der Waals surface area contributed by atoms with Gasteiger partial charge in [-0.2, -0.15) is 0 Å². The van der Waals surface area contributed by atoms with Crippen molar-refractivity contribution in [3.05, 3.63) is 145 Å². The summed E-state index contributed by atoms with van der Waals surface area (Å²) in [6.45, 7) is 4.39. The van der Waals surface area contributed by atoms with Gasteiger partial charge in [-0.1, -0.05) is 121 Å². The molecule has 1 aromatic heterocycles. The second-order valence-corrected chi connectivity index (χ2v) is 11.4. The first kappa shape index (κ1) is 23.6. The van der Waals surface area contributed by atoms with E-state index in [4.69, 9.17) is 0 Å². The minimum atomic E-state index is 1.25. The van der Waals surface area contributed by atoms with Gasteiger partial charge in [-0.25, -0.2) is 0 Å². The van der Waals surface area contributed by atoms with E-state index in [0.717, 1.165) is 0 Å². The molecular formula is C38H28S. The van der Waals surface area contributed by atoms with Crippen molar-refractivity contribution < 1.29 is 0 Å². The molecule has 0 saturated heterocycles. The third-order valence-electron chi connectivity index (χ3n) is 7.77. The van der Waals surface area contributed by atoms with Crippen molar-refractivity contribution in [2.24, 2.45) is 0 Å². The van der Waals surface area contributed by atoms with Crippen molar-refractivity contribution >= 4 is 31.5 Å². The summed E-state index contributed by atoms with van der Waals surface area (Å²) < 4.78 is 2.68. The van der Waals surface area contributed by atoms with Crippen LogP contribution in [-0.2, 0) is 0 Å². The van der Waals surface area contributed by atoms with Gasteiger partial charge in [0.2, 0.25) is 0 Å². The van der Waals surface area contributed by atoms with Crippen LogP contribution >= 0.6 is 11.3 Å². The van der Waals surface area contributed by atoms with Gasteiger partial charge in [0.25, 0.3) is 0 Å². The predicted octanol–water partition coefficient (Wildman–Crippen LogP) is 11.3. The normalized spacial score (nSPS) is 11.3. The fourth-order valence-corrected chi connectivity index (χ4v) is 6.85. The fraction of sp³-hybridized carbons (Fsp3) is 0.0526. The Morgan fingerprint density at radius 3 is 1.79 bits per heavy atom. The summed E-state index contributed by atoms with van der Waals surface area (Å²) in [5.74, 6) is 0. The van der Waals surface area contributed by atoms with Gasteiger partial charge in [-0.05, 0) is 82.1 Å². The third-order valence-corrected chi connectivity index (χ3v) is 8.90. The van der Waals surface area contributed by atoms with Gasteiger partial charge in [-0.15, -0.1) is 11.3 Å². The molecule has 0 bridgehead atoms. The topological polar surface area (TPSA) is 0 Å². The molecule has 0 aliphatic heterocycles. The van der Waals surface area contributed by atoms with Gasteiger partial charge in [0.1, 0.15) is 0 Å². The van der Waals surface area contributed by atoms with Crippen LogP contribution in [0.4, 0.5) is 0 Å². The zero-order valence-electron chi connectivity index (χ0n) is 22.1. The van der Waals surface area contributed by atoms with Crippen molar-refractivity contribution in [2.75, 3.05) is 0 Å². The van der Waals surface area contributed by atoms with Crippen LogP contribution in [-0.4, -0.2) is 0 Å². The Hall–Kier alpha value is -4.46. The van der Waals surface area contributed by atoms with Crippen LogP contribution in [0.5, 0.6) is 0 Å². The maximum atomic E-state index is 2.35. The van der Waals surface area contributed by atoms with Gasteiger partial charge in [0.05, 0.1) is 0 Å². The van der Waals surface area contributed by atoms with E-state index in [-0.39, 0.29) is 0 Å². The summed E-state index contributed by atoms with van der Waals surface area (Å²) in [6.07, 6.45) is 0. The summed E-state index contributed by atoms with van der Waals surface area (Å²) in [6, 6.07) is 48.9. The van der Waals surface area contributed by atoms with E-state index in [0.29, 0.717) is 0 Å². The molecule has 0 saturated carbocycles. The van der Waals surface area contributed by atoms with Crippen LogP contribution in [0.3, 0.4) is 0 Å². The summed E-state index contributed by atoms with van der Waals surface area (Å²) in [4.78, 5) is 0. The molecule has 0 aliphatic carbocycles. The SMILES string of the molecule is Cc1cccc(-c2ccc(-c3cccc(-c4cccc(-c5ccc6c(c5)sc5ccccc56)c4)c3C)cc2)c1. The molecule has 1 heterocycles. The van der Waals surface area contributed by atoms with Crippen molar-refractivity contribution in [1.29, 1.82) is 0 Å². The molecule has 0 nitrogen and oxygen atoms in total. The molecule has 6 aromatic carbocycles. The Kier molecular flexibility index (Phi) is 5.87. The number of rotatable bonds is 4. The quantitative estimate of drug-likeness (QED) is 0.218. The average Bonchev–Trinajstić information content (AvgIpc) is 3.35. The highest BCUT2D eigenvalue weighted by molar-refractivity contribution is 7.25. The lowest BCUT2D eigenvalue weighted by atomic mass is 9.90. The first-order valence-corrected chi connectivity index (χ1v) is 14.2. The number of fused-ring (bicyclic) bond motifs is 3. The molecular weight excluding hydrogens is 488 g/mol. The lowest BCUT2D eigenvalue weighted by Gasteiger charge is -2.14. The first-order chi connectivity index (χ1) is 19.1. The standard InChI is InChI=1S/C38H28S/c1-25-8-5-9-29(22-25)27-16-18-28(19-17-27)33-13-7-14-34(26(33)2)32-11-6-10-30(23-32)31-20-21-36-35-12-3-4-15-37(35)39-38(36)24-31/h3-24H,1-2H3. The van der Waals surface area contributed by atoms with E-state index in [1.165, 1.54) is 75.8 Å². The predicted molar refractivity (Wildman–Crippen MR) is 171 cm³/mol. The van der Waals surface area contributed by atoms with Gasteiger partial charge >= 0.3 is 0 Å². The van der Waals surface area contributed by atoms with E-state index < -0.39 is 0 Å². The zero-order chi connectivity index (χ0) is 26.3. The maximum Gasteiger partial charge on any atom is 0.0361 e. The molecule has 0 fully saturated rings. The molecule has 0 N–H and O–H groups in total. The second kappa shape index (κ2) is 9.69. The number of hydrogen-bond donors (Lipinski definition) is 0. The summed E-state index contributed by atoms with van der Waals surface area (Å²) in [5.41, 5.74) is 12.7. The summed E-state index contributed by atoms with van der Waals surface area (Å²) >= 11 is 1.87. The van der Waals surface area contributed by atoms with Gasteiger partial charge < -0.3 is 0 Å². The van der Waals surface area contributed by atoms with E-state index in [2.05, 4.69) is 147 Å². The largest absolute Gasteiger partial charge is 0.135 e. The third kappa shape index (κ3) is 4.35. The van der Waals surface area contributed by atoms with Crippen molar-refractivity contribution in [3.63, 3.8) is 0 Å². The molecule has 7 aromatic rings. The molecule has 0 unspecified atom stereocenters. The highest BCUT2D eigenvalue weighted by atomic mass is 32.1. The van der Waals surface area contributed by atoms with Crippen molar-refractivity contribution in [2.45, 2.75) is 13.8 Å². The Labute approximate surface area is 233 Å². The van der Waals surface area contributed by atoms with E-state index >= 15 is 0 Å². The Morgan fingerprint density at radius 2 is 0.974 bits per heavy atom. The molecule has 0 atom stereocenters. The van der Waals surface area contributed by atoms with Crippen LogP contribution < -0.4 is 0 Å².